The first-order valence-corrected chi connectivity index (χ1v) is 5.80. The molecule has 0 bridgehead atoms. The van der Waals surface area contributed by atoms with E-state index >= 15 is 0 Å². The average molecular weight is 220 g/mol. The summed E-state index contributed by atoms with van der Waals surface area (Å²) in [6, 6.07) is 7.91. The van der Waals surface area contributed by atoms with E-state index in [0.29, 0.717) is 6.61 Å². The molecule has 88 valence electrons. The van der Waals surface area contributed by atoms with Crippen molar-refractivity contribution in [2.75, 3.05) is 19.8 Å². The Labute approximate surface area is 97.9 Å². The molecule has 0 unspecified atom stereocenters. The van der Waals surface area contributed by atoms with E-state index in [1.54, 1.807) is 0 Å². The summed E-state index contributed by atoms with van der Waals surface area (Å²) in [6.07, 6.45) is 3.80. The molecule has 0 aliphatic carbocycles. The van der Waals surface area contributed by atoms with Crippen molar-refractivity contribution in [1.82, 2.24) is 0 Å². The van der Waals surface area contributed by atoms with Crippen LogP contribution >= 0.6 is 0 Å². The van der Waals surface area contributed by atoms with Gasteiger partial charge in [0, 0.05) is 25.2 Å². The first kappa shape index (κ1) is 12.8. The van der Waals surface area contributed by atoms with E-state index in [2.05, 4.69) is 13.5 Å². The third kappa shape index (κ3) is 4.49. The number of hydrogen-bond donors (Lipinski definition) is 0. The van der Waals surface area contributed by atoms with Crippen LogP contribution in [0.4, 0.5) is 0 Å². The molecule has 0 heterocycles. The van der Waals surface area contributed by atoms with Crippen LogP contribution in [0, 0.1) is 0 Å². The molecule has 0 aromatic heterocycles. The molecule has 0 radical (unpaired) electrons. The molecule has 0 aliphatic heterocycles. The standard InChI is InChI=1S/C14H20O2/c1-3-10-15-11-7-12-16-14-9-6-5-8-13(14)4-2/h4-6,8-9H,2-3,7,10-12H2,1H3. The van der Waals surface area contributed by atoms with Crippen molar-refractivity contribution in [2.45, 2.75) is 19.8 Å². The minimum absolute atomic E-state index is 0.689. The summed E-state index contributed by atoms with van der Waals surface area (Å²) in [7, 11) is 0. The van der Waals surface area contributed by atoms with E-state index in [1.165, 1.54) is 0 Å². The van der Waals surface area contributed by atoms with Gasteiger partial charge in [0.2, 0.25) is 0 Å². The number of rotatable bonds is 8. The zero-order chi connectivity index (χ0) is 11.6. The lowest BCUT2D eigenvalue weighted by Crippen LogP contribution is -2.04. The summed E-state index contributed by atoms with van der Waals surface area (Å²) in [6.45, 7) is 8.16. The fraction of sp³-hybridized carbons (Fsp3) is 0.429. The Morgan fingerprint density at radius 3 is 2.75 bits per heavy atom. The Bertz CT molecular complexity index is 307. The fourth-order valence-electron chi connectivity index (χ4n) is 1.37. The van der Waals surface area contributed by atoms with Gasteiger partial charge >= 0.3 is 0 Å². The molecule has 0 N–H and O–H groups in total. The van der Waals surface area contributed by atoms with Crippen LogP contribution in [0.3, 0.4) is 0 Å². The van der Waals surface area contributed by atoms with Crippen LogP contribution in [0.15, 0.2) is 30.8 Å². The van der Waals surface area contributed by atoms with Crippen LogP contribution in [0.2, 0.25) is 0 Å². The van der Waals surface area contributed by atoms with Crippen LogP contribution in [0.1, 0.15) is 25.3 Å². The number of hydrogen-bond acceptors (Lipinski definition) is 2. The second kappa shape index (κ2) is 7.94. The Balaban J connectivity index is 2.23. The lowest BCUT2D eigenvalue weighted by atomic mass is 10.2. The third-order valence-electron chi connectivity index (χ3n) is 2.18. The van der Waals surface area contributed by atoms with Crippen LogP contribution in [-0.2, 0) is 4.74 Å². The predicted octanol–water partition coefficient (Wildman–Crippen LogP) is 3.53. The van der Waals surface area contributed by atoms with Gasteiger partial charge in [-0.3, -0.25) is 0 Å². The molecule has 1 aromatic rings. The maximum Gasteiger partial charge on any atom is 0.126 e. The summed E-state index contributed by atoms with van der Waals surface area (Å²) in [5.41, 5.74) is 1.04. The summed E-state index contributed by atoms with van der Waals surface area (Å²) in [5, 5.41) is 0. The van der Waals surface area contributed by atoms with Gasteiger partial charge in [-0.25, -0.2) is 0 Å². The molecule has 0 saturated heterocycles. The number of benzene rings is 1. The van der Waals surface area contributed by atoms with Crippen LogP contribution < -0.4 is 4.74 Å². The van der Waals surface area contributed by atoms with Crippen molar-refractivity contribution >= 4 is 6.08 Å². The van der Waals surface area contributed by atoms with Gasteiger partial charge in [0.25, 0.3) is 0 Å². The van der Waals surface area contributed by atoms with Crippen molar-refractivity contribution in [1.29, 1.82) is 0 Å². The van der Waals surface area contributed by atoms with Crippen molar-refractivity contribution in [3.05, 3.63) is 36.4 Å². The smallest absolute Gasteiger partial charge is 0.126 e. The van der Waals surface area contributed by atoms with Gasteiger partial charge in [0.15, 0.2) is 0 Å². The Hall–Kier alpha value is -1.28. The van der Waals surface area contributed by atoms with E-state index in [1.807, 2.05) is 30.3 Å². The number of ether oxygens (including phenoxy) is 2. The zero-order valence-electron chi connectivity index (χ0n) is 9.95. The number of para-hydroxylation sites is 1. The van der Waals surface area contributed by atoms with Crippen molar-refractivity contribution < 1.29 is 9.47 Å². The quantitative estimate of drug-likeness (QED) is 0.624. The highest BCUT2D eigenvalue weighted by Crippen LogP contribution is 2.18. The van der Waals surface area contributed by atoms with E-state index < -0.39 is 0 Å². The van der Waals surface area contributed by atoms with Crippen molar-refractivity contribution in [3.8, 4) is 5.75 Å². The van der Waals surface area contributed by atoms with Crippen LogP contribution in [-0.4, -0.2) is 19.8 Å². The van der Waals surface area contributed by atoms with Crippen molar-refractivity contribution in [2.24, 2.45) is 0 Å². The molecule has 1 aromatic carbocycles. The molecule has 16 heavy (non-hydrogen) atoms. The second-order valence-electron chi connectivity index (χ2n) is 3.56. The largest absolute Gasteiger partial charge is 0.493 e. The first-order valence-electron chi connectivity index (χ1n) is 5.80. The zero-order valence-corrected chi connectivity index (χ0v) is 9.95. The highest BCUT2D eigenvalue weighted by Gasteiger charge is 1.98. The van der Waals surface area contributed by atoms with Crippen LogP contribution in [0.25, 0.3) is 6.08 Å². The molecular weight excluding hydrogens is 200 g/mol. The molecule has 0 amide bonds. The van der Waals surface area contributed by atoms with E-state index in [9.17, 15) is 0 Å². The average Bonchev–Trinajstić information content (AvgIpc) is 2.34. The summed E-state index contributed by atoms with van der Waals surface area (Å²) >= 11 is 0. The van der Waals surface area contributed by atoms with Crippen molar-refractivity contribution in [3.63, 3.8) is 0 Å². The second-order valence-corrected chi connectivity index (χ2v) is 3.56. The van der Waals surface area contributed by atoms with E-state index in [0.717, 1.165) is 37.4 Å². The van der Waals surface area contributed by atoms with Crippen LogP contribution in [0.5, 0.6) is 5.75 Å². The third-order valence-corrected chi connectivity index (χ3v) is 2.18. The topological polar surface area (TPSA) is 18.5 Å². The molecule has 2 heteroatoms. The Morgan fingerprint density at radius 2 is 2.00 bits per heavy atom. The maximum atomic E-state index is 5.66. The van der Waals surface area contributed by atoms with Gasteiger partial charge in [-0.15, -0.1) is 0 Å². The van der Waals surface area contributed by atoms with Gasteiger partial charge < -0.3 is 9.47 Å². The molecule has 2 nitrogen and oxygen atoms in total. The fourth-order valence-corrected chi connectivity index (χ4v) is 1.37. The highest BCUT2D eigenvalue weighted by molar-refractivity contribution is 5.55. The molecule has 1 rings (SSSR count). The molecule has 0 saturated carbocycles. The summed E-state index contributed by atoms with van der Waals surface area (Å²) in [4.78, 5) is 0. The van der Waals surface area contributed by atoms with Gasteiger partial charge in [-0.2, -0.15) is 0 Å². The lowest BCUT2D eigenvalue weighted by Gasteiger charge is -2.08. The van der Waals surface area contributed by atoms with Gasteiger partial charge in [0.1, 0.15) is 5.75 Å². The highest BCUT2D eigenvalue weighted by atomic mass is 16.5. The molecular formula is C14H20O2. The minimum Gasteiger partial charge on any atom is -0.493 e. The predicted molar refractivity (Wildman–Crippen MR) is 67.8 cm³/mol. The van der Waals surface area contributed by atoms with Gasteiger partial charge in [0.05, 0.1) is 6.61 Å². The van der Waals surface area contributed by atoms with Gasteiger partial charge in [-0.05, 0) is 12.5 Å². The monoisotopic (exact) mass is 220 g/mol. The summed E-state index contributed by atoms with van der Waals surface area (Å²) in [5.74, 6) is 0.896. The minimum atomic E-state index is 0.689. The molecule has 0 atom stereocenters. The first-order chi connectivity index (χ1) is 7.88. The molecule has 0 aliphatic rings. The Kier molecular flexibility index (Phi) is 6.35. The van der Waals surface area contributed by atoms with E-state index in [4.69, 9.17) is 9.47 Å². The van der Waals surface area contributed by atoms with Gasteiger partial charge in [-0.1, -0.05) is 37.8 Å². The molecule has 0 spiro atoms. The maximum absolute atomic E-state index is 5.66. The Morgan fingerprint density at radius 1 is 1.19 bits per heavy atom. The molecule has 0 fully saturated rings. The summed E-state index contributed by atoms with van der Waals surface area (Å²) < 4.78 is 11.0. The normalized spacial score (nSPS) is 10.1. The lowest BCUT2D eigenvalue weighted by molar-refractivity contribution is 0.120. The van der Waals surface area contributed by atoms with E-state index in [-0.39, 0.29) is 0 Å². The SMILES string of the molecule is C=Cc1ccccc1OCCCOCCC.